The molecule has 0 atom stereocenters. The molecule has 2 saturated carbocycles. The number of carbonyl (C=O) groups excluding carboxylic acids is 1. The van der Waals surface area contributed by atoms with E-state index < -0.39 is 0 Å². The van der Waals surface area contributed by atoms with Crippen molar-refractivity contribution >= 4 is 17.3 Å². The second kappa shape index (κ2) is 5.35. The number of rotatable bonds is 6. The van der Waals surface area contributed by atoms with Crippen molar-refractivity contribution in [3.8, 4) is 0 Å². The third kappa shape index (κ3) is 2.89. The van der Waals surface area contributed by atoms with Crippen molar-refractivity contribution in [2.75, 3.05) is 23.8 Å². The lowest BCUT2D eigenvalue weighted by Gasteiger charge is -2.25. The van der Waals surface area contributed by atoms with E-state index in [9.17, 15) is 4.79 Å². The Bertz CT molecular complexity index is 507. The van der Waals surface area contributed by atoms with E-state index in [0.29, 0.717) is 23.9 Å². The summed E-state index contributed by atoms with van der Waals surface area (Å²) in [6.45, 7) is 3.29. The molecule has 2 N–H and O–H groups in total. The van der Waals surface area contributed by atoms with Gasteiger partial charge in [0.1, 0.15) is 0 Å². The minimum absolute atomic E-state index is 0.325. The Morgan fingerprint density at radius 2 is 2.10 bits per heavy atom. The van der Waals surface area contributed by atoms with Crippen molar-refractivity contribution in [1.29, 1.82) is 0 Å². The minimum Gasteiger partial charge on any atom is -0.462 e. The fraction of sp³-hybridized carbons (Fsp3) is 0.562. The third-order valence-corrected chi connectivity index (χ3v) is 4.00. The first kappa shape index (κ1) is 13.3. The maximum Gasteiger partial charge on any atom is 0.340 e. The molecule has 0 spiro atoms. The van der Waals surface area contributed by atoms with Crippen LogP contribution < -0.4 is 10.6 Å². The molecule has 0 radical (unpaired) electrons. The average molecular weight is 274 g/mol. The van der Waals surface area contributed by atoms with Gasteiger partial charge in [-0.2, -0.15) is 0 Å². The highest BCUT2D eigenvalue weighted by molar-refractivity contribution is 5.96. The van der Waals surface area contributed by atoms with Crippen LogP contribution in [0.3, 0.4) is 0 Å². The molecule has 0 amide bonds. The Morgan fingerprint density at radius 3 is 2.70 bits per heavy atom. The number of nitrogen functional groups attached to an aromatic ring is 1. The number of ether oxygens (including phenoxy) is 1. The molecule has 1 aromatic rings. The van der Waals surface area contributed by atoms with Gasteiger partial charge in [0, 0.05) is 24.0 Å². The molecule has 1 aromatic carbocycles. The summed E-state index contributed by atoms with van der Waals surface area (Å²) in [6.07, 6.45) is 5.18. The van der Waals surface area contributed by atoms with Gasteiger partial charge in [0.05, 0.1) is 12.2 Å². The molecule has 0 heterocycles. The Labute approximate surface area is 119 Å². The van der Waals surface area contributed by atoms with Crippen LogP contribution >= 0.6 is 0 Å². The van der Waals surface area contributed by atoms with Gasteiger partial charge in [-0.1, -0.05) is 0 Å². The number of nitrogens with two attached hydrogens (primary N) is 1. The molecular weight excluding hydrogens is 252 g/mol. The zero-order valence-corrected chi connectivity index (χ0v) is 12.0. The highest BCUT2D eigenvalue weighted by Gasteiger charge is 2.34. The fourth-order valence-electron chi connectivity index (χ4n) is 2.54. The summed E-state index contributed by atoms with van der Waals surface area (Å²) < 4.78 is 5.08. The summed E-state index contributed by atoms with van der Waals surface area (Å²) in [5, 5.41) is 0. The van der Waals surface area contributed by atoms with E-state index in [1.54, 1.807) is 0 Å². The average Bonchev–Trinajstić information content (AvgIpc) is 3.30. The van der Waals surface area contributed by atoms with Crippen LogP contribution in [0, 0.1) is 5.92 Å². The monoisotopic (exact) mass is 274 g/mol. The summed E-state index contributed by atoms with van der Waals surface area (Å²) in [6, 6.07) is 6.39. The topological polar surface area (TPSA) is 55.6 Å². The first-order chi connectivity index (χ1) is 9.69. The molecule has 0 bridgehead atoms. The van der Waals surface area contributed by atoms with Crippen molar-refractivity contribution < 1.29 is 9.53 Å². The molecule has 108 valence electrons. The van der Waals surface area contributed by atoms with Crippen LogP contribution in [0.25, 0.3) is 0 Å². The summed E-state index contributed by atoms with van der Waals surface area (Å²) in [7, 11) is 0. The summed E-state index contributed by atoms with van der Waals surface area (Å²) in [5.74, 6) is 0.508. The molecule has 4 heteroatoms. The molecule has 2 aliphatic carbocycles. The smallest absolute Gasteiger partial charge is 0.340 e. The first-order valence-electron chi connectivity index (χ1n) is 7.52. The maximum absolute atomic E-state index is 11.9. The molecule has 4 nitrogen and oxygen atoms in total. The minimum atomic E-state index is -0.325. The van der Waals surface area contributed by atoms with Gasteiger partial charge < -0.3 is 15.4 Å². The highest BCUT2D eigenvalue weighted by Crippen LogP contribution is 2.38. The van der Waals surface area contributed by atoms with Gasteiger partial charge in [-0.25, -0.2) is 4.79 Å². The summed E-state index contributed by atoms with van der Waals surface area (Å²) in [4.78, 5) is 14.4. The molecule has 0 unspecified atom stereocenters. The molecule has 0 aromatic heterocycles. The van der Waals surface area contributed by atoms with Gasteiger partial charge in [-0.3, -0.25) is 0 Å². The van der Waals surface area contributed by atoms with Gasteiger partial charge in [0.2, 0.25) is 0 Å². The van der Waals surface area contributed by atoms with E-state index >= 15 is 0 Å². The van der Waals surface area contributed by atoms with Gasteiger partial charge in [-0.05, 0) is 56.7 Å². The van der Waals surface area contributed by atoms with E-state index in [4.69, 9.17) is 10.5 Å². The number of benzene rings is 1. The molecule has 2 aliphatic rings. The second-order valence-electron chi connectivity index (χ2n) is 5.82. The summed E-state index contributed by atoms with van der Waals surface area (Å²) in [5.41, 5.74) is 8.00. The molecule has 0 aliphatic heterocycles. The van der Waals surface area contributed by atoms with Crippen molar-refractivity contribution in [2.45, 2.75) is 38.6 Å². The number of carbonyl (C=O) groups is 1. The lowest BCUT2D eigenvalue weighted by Crippen LogP contribution is -2.28. The molecule has 2 fully saturated rings. The predicted octanol–water partition coefficient (Wildman–Crippen LogP) is 2.82. The predicted molar refractivity (Wildman–Crippen MR) is 79.9 cm³/mol. The van der Waals surface area contributed by atoms with E-state index in [1.165, 1.54) is 25.7 Å². The van der Waals surface area contributed by atoms with E-state index in [-0.39, 0.29) is 5.97 Å². The van der Waals surface area contributed by atoms with Crippen LogP contribution in [0.15, 0.2) is 18.2 Å². The molecule has 20 heavy (non-hydrogen) atoms. The number of anilines is 2. The Balaban J connectivity index is 1.83. The van der Waals surface area contributed by atoms with Crippen molar-refractivity contribution in [3.63, 3.8) is 0 Å². The molecule has 0 saturated heterocycles. The number of nitrogens with zero attached hydrogens (tertiary/aromatic N) is 1. The molecular formula is C16H22N2O2. The van der Waals surface area contributed by atoms with Crippen LogP contribution in [0.5, 0.6) is 0 Å². The fourth-order valence-corrected chi connectivity index (χ4v) is 2.54. The number of hydrogen-bond donors (Lipinski definition) is 1. The van der Waals surface area contributed by atoms with Gasteiger partial charge in [0.25, 0.3) is 0 Å². The standard InChI is InChI=1S/C16H22N2O2/c1-2-20-16(19)14-9-13(7-8-15(14)17)18(12-5-6-12)10-11-3-4-11/h7-9,11-12H,2-6,10,17H2,1H3. The van der Waals surface area contributed by atoms with Crippen LogP contribution in [0.4, 0.5) is 11.4 Å². The van der Waals surface area contributed by atoms with Crippen LogP contribution in [0.1, 0.15) is 43.0 Å². The number of esters is 1. The zero-order valence-electron chi connectivity index (χ0n) is 12.0. The van der Waals surface area contributed by atoms with Gasteiger partial charge in [-0.15, -0.1) is 0 Å². The first-order valence-corrected chi connectivity index (χ1v) is 7.52. The Morgan fingerprint density at radius 1 is 1.35 bits per heavy atom. The zero-order chi connectivity index (χ0) is 14.1. The highest BCUT2D eigenvalue weighted by atomic mass is 16.5. The largest absolute Gasteiger partial charge is 0.462 e. The summed E-state index contributed by atoms with van der Waals surface area (Å²) >= 11 is 0. The lowest BCUT2D eigenvalue weighted by atomic mass is 10.1. The molecule has 3 rings (SSSR count). The van der Waals surface area contributed by atoms with Crippen LogP contribution in [0.2, 0.25) is 0 Å². The third-order valence-electron chi connectivity index (χ3n) is 4.00. The Kier molecular flexibility index (Phi) is 3.55. The second-order valence-corrected chi connectivity index (χ2v) is 5.82. The van der Waals surface area contributed by atoms with Crippen LogP contribution in [-0.2, 0) is 4.74 Å². The van der Waals surface area contributed by atoms with E-state index in [1.807, 2.05) is 25.1 Å². The van der Waals surface area contributed by atoms with E-state index in [2.05, 4.69) is 4.90 Å². The van der Waals surface area contributed by atoms with Crippen molar-refractivity contribution in [3.05, 3.63) is 23.8 Å². The maximum atomic E-state index is 11.9. The van der Waals surface area contributed by atoms with Crippen molar-refractivity contribution in [1.82, 2.24) is 0 Å². The van der Waals surface area contributed by atoms with E-state index in [0.717, 1.165) is 18.2 Å². The lowest BCUT2D eigenvalue weighted by molar-refractivity contribution is 0.0527. The van der Waals surface area contributed by atoms with Crippen LogP contribution in [-0.4, -0.2) is 25.2 Å². The quantitative estimate of drug-likeness (QED) is 0.640. The van der Waals surface area contributed by atoms with Gasteiger partial charge >= 0.3 is 5.97 Å². The Hall–Kier alpha value is -1.71. The normalized spacial score (nSPS) is 17.9. The number of hydrogen-bond acceptors (Lipinski definition) is 4. The van der Waals surface area contributed by atoms with Gasteiger partial charge in [0.15, 0.2) is 0 Å². The van der Waals surface area contributed by atoms with Crippen molar-refractivity contribution in [2.24, 2.45) is 5.92 Å². The SMILES string of the molecule is CCOC(=O)c1cc(N(CC2CC2)C2CC2)ccc1N.